The maximum Gasteiger partial charge on any atom is 0.134 e. The molecule has 0 saturated carbocycles. The van der Waals surface area contributed by atoms with Gasteiger partial charge < -0.3 is 10.2 Å². The van der Waals surface area contributed by atoms with Crippen molar-refractivity contribution in [2.75, 3.05) is 0 Å². The van der Waals surface area contributed by atoms with Crippen molar-refractivity contribution in [3.8, 4) is 0 Å². The van der Waals surface area contributed by atoms with Gasteiger partial charge in [0.05, 0.1) is 6.04 Å². The Morgan fingerprint density at radius 3 is 2.62 bits per heavy atom. The monoisotopic (exact) mass is 293 g/mol. The average Bonchev–Trinajstić information content (AvgIpc) is 3.08. The summed E-state index contributed by atoms with van der Waals surface area (Å²) in [5.41, 5.74) is 8.50. The van der Waals surface area contributed by atoms with E-state index in [1.54, 1.807) is 11.3 Å². The molecule has 2 aromatic carbocycles. The topological polar surface area (TPSA) is 39.2 Å². The Labute approximate surface area is 126 Å². The lowest BCUT2D eigenvalue weighted by Gasteiger charge is -2.07. The third kappa shape index (κ3) is 1.97. The summed E-state index contributed by atoms with van der Waals surface area (Å²) in [5, 5.41) is 2.38. The second kappa shape index (κ2) is 4.72. The molecule has 4 rings (SSSR count). The van der Waals surface area contributed by atoms with Crippen LogP contribution in [0.2, 0.25) is 0 Å². The molecule has 21 heavy (non-hydrogen) atoms. The molecule has 0 bridgehead atoms. The fourth-order valence-electron chi connectivity index (χ4n) is 2.77. The van der Waals surface area contributed by atoms with E-state index in [0.29, 0.717) is 0 Å². The highest BCUT2D eigenvalue weighted by Crippen LogP contribution is 2.36. The van der Waals surface area contributed by atoms with Gasteiger partial charge in [-0.2, -0.15) is 0 Å². The van der Waals surface area contributed by atoms with Crippen molar-refractivity contribution in [3.05, 3.63) is 70.8 Å². The van der Waals surface area contributed by atoms with E-state index in [1.165, 1.54) is 10.1 Å². The Hall–Kier alpha value is -2.10. The van der Waals surface area contributed by atoms with E-state index in [9.17, 15) is 0 Å². The van der Waals surface area contributed by atoms with Crippen LogP contribution >= 0.6 is 11.3 Å². The van der Waals surface area contributed by atoms with Crippen LogP contribution in [-0.2, 0) is 0 Å². The second-order valence-corrected chi connectivity index (χ2v) is 6.37. The molecule has 0 radical (unpaired) electrons. The van der Waals surface area contributed by atoms with Crippen molar-refractivity contribution in [1.82, 2.24) is 0 Å². The van der Waals surface area contributed by atoms with Crippen molar-refractivity contribution in [1.29, 1.82) is 0 Å². The highest BCUT2D eigenvalue weighted by atomic mass is 32.1. The van der Waals surface area contributed by atoms with Gasteiger partial charge in [0, 0.05) is 20.5 Å². The van der Waals surface area contributed by atoms with Crippen LogP contribution in [0.25, 0.3) is 21.1 Å². The van der Waals surface area contributed by atoms with Gasteiger partial charge in [-0.25, -0.2) is 0 Å². The van der Waals surface area contributed by atoms with Gasteiger partial charge in [0.25, 0.3) is 0 Å². The SMILES string of the molecule is Cc1c(C(N)c2cc3ccccc3s2)oc2ccccc12. The number of fused-ring (bicyclic) bond motifs is 2. The molecule has 2 N–H and O–H groups in total. The molecule has 2 aromatic heterocycles. The van der Waals surface area contributed by atoms with Crippen LogP contribution < -0.4 is 5.73 Å². The van der Waals surface area contributed by atoms with Crippen molar-refractivity contribution >= 4 is 32.4 Å². The summed E-state index contributed by atoms with van der Waals surface area (Å²) in [7, 11) is 0. The lowest BCUT2D eigenvalue weighted by Crippen LogP contribution is -2.10. The Bertz CT molecular complexity index is 902. The third-order valence-corrected chi connectivity index (χ3v) is 5.11. The van der Waals surface area contributed by atoms with E-state index in [4.69, 9.17) is 10.2 Å². The molecule has 1 atom stereocenters. The van der Waals surface area contributed by atoms with Gasteiger partial charge in [0.15, 0.2) is 0 Å². The number of nitrogens with two attached hydrogens (primary N) is 1. The molecule has 2 heterocycles. The Kier molecular flexibility index (Phi) is 2.84. The fraction of sp³-hybridized carbons (Fsp3) is 0.111. The number of hydrogen-bond donors (Lipinski definition) is 1. The molecule has 4 aromatic rings. The number of para-hydroxylation sites is 1. The Morgan fingerprint density at radius 2 is 1.81 bits per heavy atom. The molecular weight excluding hydrogens is 278 g/mol. The predicted octanol–water partition coefficient (Wildman–Crippen LogP) is 5.00. The maximum absolute atomic E-state index is 6.46. The van der Waals surface area contributed by atoms with Crippen molar-refractivity contribution in [2.45, 2.75) is 13.0 Å². The number of hydrogen-bond acceptors (Lipinski definition) is 3. The first kappa shape index (κ1) is 12.6. The van der Waals surface area contributed by atoms with Gasteiger partial charge in [0.1, 0.15) is 11.3 Å². The molecule has 3 heteroatoms. The summed E-state index contributed by atoms with van der Waals surface area (Å²) in [5.74, 6) is 0.864. The Morgan fingerprint density at radius 1 is 1.05 bits per heavy atom. The standard InChI is InChI=1S/C18H15NOS/c1-11-13-7-3-4-8-14(13)20-18(11)17(19)16-10-12-6-2-5-9-15(12)21-16/h2-10,17H,19H2,1H3. The molecule has 2 nitrogen and oxygen atoms in total. The van der Waals surface area contributed by atoms with Gasteiger partial charge in [-0.1, -0.05) is 36.4 Å². The lowest BCUT2D eigenvalue weighted by atomic mass is 10.1. The molecule has 0 aliphatic carbocycles. The zero-order valence-corrected chi connectivity index (χ0v) is 12.5. The summed E-state index contributed by atoms with van der Waals surface area (Å²) < 4.78 is 7.25. The van der Waals surface area contributed by atoms with E-state index < -0.39 is 0 Å². The average molecular weight is 293 g/mol. The van der Waals surface area contributed by atoms with E-state index >= 15 is 0 Å². The van der Waals surface area contributed by atoms with Crippen molar-refractivity contribution in [3.63, 3.8) is 0 Å². The normalized spacial score (nSPS) is 13.0. The number of thiophene rings is 1. The summed E-state index contributed by atoms with van der Waals surface area (Å²) in [6.07, 6.45) is 0. The summed E-state index contributed by atoms with van der Waals surface area (Å²) >= 11 is 1.73. The van der Waals surface area contributed by atoms with E-state index in [1.807, 2.05) is 18.2 Å². The minimum Gasteiger partial charge on any atom is -0.459 e. The first-order valence-electron chi connectivity index (χ1n) is 6.96. The van der Waals surface area contributed by atoms with Crippen LogP contribution in [0.4, 0.5) is 0 Å². The van der Waals surface area contributed by atoms with E-state index in [-0.39, 0.29) is 6.04 Å². The van der Waals surface area contributed by atoms with Crippen molar-refractivity contribution in [2.24, 2.45) is 5.73 Å². The Balaban J connectivity index is 1.85. The zero-order chi connectivity index (χ0) is 14.4. The minimum atomic E-state index is -0.213. The highest BCUT2D eigenvalue weighted by molar-refractivity contribution is 7.19. The number of benzene rings is 2. The van der Waals surface area contributed by atoms with Crippen molar-refractivity contribution < 1.29 is 4.42 Å². The molecule has 0 spiro atoms. The summed E-state index contributed by atoms with van der Waals surface area (Å²) in [6.45, 7) is 2.08. The van der Waals surface area contributed by atoms with Crippen LogP contribution in [0, 0.1) is 6.92 Å². The number of rotatable bonds is 2. The number of furan rings is 1. The molecule has 1 unspecified atom stereocenters. The fourth-order valence-corrected chi connectivity index (χ4v) is 3.84. The zero-order valence-electron chi connectivity index (χ0n) is 11.7. The highest BCUT2D eigenvalue weighted by Gasteiger charge is 2.20. The molecule has 0 saturated heterocycles. The van der Waals surface area contributed by atoms with E-state index in [0.717, 1.165) is 27.2 Å². The molecule has 0 aliphatic heterocycles. The molecule has 104 valence electrons. The lowest BCUT2D eigenvalue weighted by molar-refractivity contribution is 0.524. The maximum atomic E-state index is 6.46. The quantitative estimate of drug-likeness (QED) is 0.564. The minimum absolute atomic E-state index is 0.213. The molecule has 0 fully saturated rings. The van der Waals surface area contributed by atoms with Crippen LogP contribution in [0.15, 0.2) is 59.0 Å². The first-order chi connectivity index (χ1) is 10.2. The predicted molar refractivity (Wildman–Crippen MR) is 88.8 cm³/mol. The molecule has 0 aliphatic rings. The van der Waals surface area contributed by atoms with Crippen LogP contribution in [0.5, 0.6) is 0 Å². The van der Waals surface area contributed by atoms with Crippen LogP contribution in [0.3, 0.4) is 0 Å². The van der Waals surface area contributed by atoms with E-state index in [2.05, 4.69) is 43.3 Å². The summed E-state index contributed by atoms with van der Waals surface area (Å²) in [6, 6.07) is 18.4. The van der Waals surface area contributed by atoms with Gasteiger partial charge >= 0.3 is 0 Å². The third-order valence-electron chi connectivity index (χ3n) is 3.91. The van der Waals surface area contributed by atoms with Gasteiger partial charge in [-0.05, 0) is 30.5 Å². The molecular formula is C18H15NOS. The molecule has 0 amide bonds. The van der Waals surface area contributed by atoms with Crippen LogP contribution in [0.1, 0.15) is 22.2 Å². The van der Waals surface area contributed by atoms with Crippen LogP contribution in [-0.4, -0.2) is 0 Å². The summed E-state index contributed by atoms with van der Waals surface area (Å²) in [4.78, 5) is 1.14. The van der Waals surface area contributed by atoms with Gasteiger partial charge in [-0.15, -0.1) is 11.3 Å². The van der Waals surface area contributed by atoms with Gasteiger partial charge in [0.2, 0.25) is 0 Å². The largest absolute Gasteiger partial charge is 0.459 e. The number of aryl methyl sites for hydroxylation is 1. The van der Waals surface area contributed by atoms with Gasteiger partial charge in [-0.3, -0.25) is 0 Å². The second-order valence-electron chi connectivity index (χ2n) is 5.25. The smallest absolute Gasteiger partial charge is 0.134 e. The first-order valence-corrected chi connectivity index (χ1v) is 7.78.